The monoisotopic (exact) mass is 394 g/mol. The van der Waals surface area contributed by atoms with E-state index in [0.717, 1.165) is 14.4 Å². The van der Waals surface area contributed by atoms with E-state index in [1.807, 2.05) is 26.2 Å². The maximum absolute atomic E-state index is 12.3. The van der Waals surface area contributed by atoms with Crippen molar-refractivity contribution in [2.75, 3.05) is 4.72 Å². The van der Waals surface area contributed by atoms with Crippen LogP contribution in [0.1, 0.15) is 31.3 Å². The van der Waals surface area contributed by atoms with Crippen LogP contribution in [0.4, 0.5) is 5.13 Å². The predicted octanol–water partition coefficient (Wildman–Crippen LogP) is 4.37. The number of thiophene rings is 1. The Kier molecular flexibility index (Phi) is 4.30. The van der Waals surface area contributed by atoms with E-state index in [1.54, 1.807) is 13.0 Å². The van der Waals surface area contributed by atoms with Crippen molar-refractivity contribution >= 4 is 53.8 Å². The van der Waals surface area contributed by atoms with Gasteiger partial charge in [-0.2, -0.15) is 0 Å². The summed E-state index contributed by atoms with van der Waals surface area (Å²) in [6.07, 6.45) is 0. The zero-order valence-electron chi connectivity index (χ0n) is 11.5. The van der Waals surface area contributed by atoms with Crippen molar-refractivity contribution < 1.29 is 8.42 Å². The molecular weight excluding hydrogens is 380 g/mol. The normalized spacial score (nSPS) is 12.7. The van der Waals surface area contributed by atoms with Crippen LogP contribution in [-0.2, 0) is 15.4 Å². The molecule has 1 N–H and O–H groups in total. The van der Waals surface area contributed by atoms with Gasteiger partial charge in [-0.1, -0.05) is 20.8 Å². The topological polar surface area (TPSA) is 59.1 Å². The number of aryl methyl sites for hydroxylation is 1. The van der Waals surface area contributed by atoms with Gasteiger partial charge in [-0.05, 0) is 28.9 Å². The molecule has 2 aromatic rings. The molecule has 0 amide bonds. The third kappa shape index (κ3) is 3.41. The summed E-state index contributed by atoms with van der Waals surface area (Å²) in [4.78, 5) is 5.39. The number of halogens is 1. The lowest BCUT2D eigenvalue weighted by Crippen LogP contribution is -2.15. The van der Waals surface area contributed by atoms with Crippen molar-refractivity contribution in [2.24, 2.45) is 0 Å². The molecule has 2 aromatic heterocycles. The summed E-state index contributed by atoms with van der Waals surface area (Å²) in [6, 6.07) is 1.61. The van der Waals surface area contributed by atoms with Crippen molar-refractivity contribution in [3.8, 4) is 0 Å². The average Bonchev–Trinajstić information content (AvgIpc) is 2.84. The fourth-order valence-corrected chi connectivity index (χ4v) is 6.14. The van der Waals surface area contributed by atoms with Crippen LogP contribution in [0.5, 0.6) is 0 Å². The number of sulfonamides is 1. The second-order valence-electron chi connectivity index (χ2n) is 5.36. The number of aromatic nitrogens is 1. The van der Waals surface area contributed by atoms with Crippen molar-refractivity contribution in [1.82, 2.24) is 4.98 Å². The van der Waals surface area contributed by atoms with Crippen molar-refractivity contribution in [3.63, 3.8) is 0 Å². The second-order valence-corrected chi connectivity index (χ2v) is 10.5. The SMILES string of the molecule is Cc1sc(Br)cc1S(=O)(=O)Nc1nc(C(C)(C)C)cs1. The molecule has 0 saturated heterocycles. The van der Waals surface area contributed by atoms with Crippen LogP contribution in [0.3, 0.4) is 0 Å². The number of thiazole rings is 1. The van der Waals surface area contributed by atoms with E-state index in [1.165, 1.54) is 22.7 Å². The Morgan fingerprint density at radius 3 is 2.45 bits per heavy atom. The molecule has 0 aliphatic heterocycles. The molecule has 0 aliphatic rings. The van der Waals surface area contributed by atoms with E-state index in [-0.39, 0.29) is 5.41 Å². The lowest BCUT2D eigenvalue weighted by molar-refractivity contribution is 0.573. The zero-order chi connectivity index (χ0) is 15.1. The van der Waals surface area contributed by atoms with Gasteiger partial charge in [0, 0.05) is 15.7 Å². The molecule has 4 nitrogen and oxygen atoms in total. The Morgan fingerprint density at radius 1 is 1.35 bits per heavy atom. The molecule has 8 heteroatoms. The second kappa shape index (κ2) is 5.40. The highest BCUT2D eigenvalue weighted by molar-refractivity contribution is 9.11. The first-order valence-corrected chi connectivity index (χ1v) is 9.81. The number of nitrogens with zero attached hydrogens (tertiary/aromatic N) is 1. The first-order valence-electron chi connectivity index (χ1n) is 5.84. The van der Waals surface area contributed by atoms with E-state index < -0.39 is 10.0 Å². The lowest BCUT2D eigenvalue weighted by atomic mass is 9.93. The van der Waals surface area contributed by atoms with Crippen LogP contribution in [0.25, 0.3) is 0 Å². The van der Waals surface area contributed by atoms with Gasteiger partial charge < -0.3 is 0 Å². The van der Waals surface area contributed by atoms with Gasteiger partial charge in [0.15, 0.2) is 5.13 Å². The summed E-state index contributed by atoms with van der Waals surface area (Å²) < 4.78 is 28.0. The van der Waals surface area contributed by atoms with Crippen LogP contribution in [0, 0.1) is 6.92 Å². The summed E-state index contributed by atoms with van der Waals surface area (Å²) >= 11 is 6.00. The zero-order valence-corrected chi connectivity index (χ0v) is 15.6. The van der Waals surface area contributed by atoms with E-state index in [4.69, 9.17) is 0 Å². The maximum Gasteiger partial charge on any atom is 0.264 e. The molecule has 0 atom stereocenters. The van der Waals surface area contributed by atoms with Crippen molar-refractivity contribution in [1.29, 1.82) is 0 Å². The summed E-state index contributed by atoms with van der Waals surface area (Å²) in [7, 11) is -3.58. The minimum atomic E-state index is -3.58. The molecule has 2 heterocycles. The van der Waals surface area contributed by atoms with Crippen LogP contribution < -0.4 is 4.72 Å². The summed E-state index contributed by atoms with van der Waals surface area (Å²) in [6.45, 7) is 7.91. The van der Waals surface area contributed by atoms with Gasteiger partial charge >= 0.3 is 0 Å². The molecule has 0 radical (unpaired) electrons. The third-order valence-corrected chi connectivity index (χ3v) is 6.66. The number of anilines is 1. The third-order valence-electron chi connectivity index (χ3n) is 2.63. The average molecular weight is 395 g/mol. The van der Waals surface area contributed by atoms with Crippen LogP contribution in [-0.4, -0.2) is 13.4 Å². The Hall–Kier alpha value is -0.440. The number of rotatable bonds is 3. The van der Waals surface area contributed by atoms with Gasteiger partial charge in [0.2, 0.25) is 0 Å². The van der Waals surface area contributed by atoms with Gasteiger partial charge in [-0.3, -0.25) is 4.72 Å². The largest absolute Gasteiger partial charge is 0.264 e. The lowest BCUT2D eigenvalue weighted by Gasteiger charge is -2.14. The Morgan fingerprint density at radius 2 is 2.00 bits per heavy atom. The molecular formula is C12H15BrN2O2S3. The van der Waals surface area contributed by atoms with Gasteiger partial charge in [0.05, 0.1) is 9.48 Å². The first kappa shape index (κ1) is 15.9. The smallest absolute Gasteiger partial charge is 0.255 e. The minimum Gasteiger partial charge on any atom is -0.255 e. The summed E-state index contributed by atoms with van der Waals surface area (Å²) in [5, 5.41) is 2.28. The molecule has 0 unspecified atom stereocenters. The van der Waals surface area contributed by atoms with Crippen molar-refractivity contribution in [2.45, 2.75) is 38.0 Å². The van der Waals surface area contributed by atoms with Crippen molar-refractivity contribution in [3.05, 3.63) is 25.8 Å². The fraction of sp³-hybridized carbons (Fsp3) is 0.417. The van der Waals surface area contributed by atoms with E-state index >= 15 is 0 Å². The van der Waals surface area contributed by atoms with Crippen LogP contribution >= 0.6 is 38.6 Å². The van der Waals surface area contributed by atoms with E-state index in [9.17, 15) is 8.42 Å². The molecule has 0 bridgehead atoms. The number of nitrogens with one attached hydrogen (secondary N) is 1. The predicted molar refractivity (Wildman–Crippen MR) is 88.4 cm³/mol. The number of hydrogen-bond donors (Lipinski definition) is 1. The highest BCUT2D eigenvalue weighted by atomic mass is 79.9. The van der Waals surface area contributed by atoms with Crippen LogP contribution in [0.2, 0.25) is 0 Å². The van der Waals surface area contributed by atoms with E-state index in [2.05, 4.69) is 25.6 Å². The fourth-order valence-electron chi connectivity index (χ4n) is 1.53. The molecule has 110 valence electrons. The van der Waals surface area contributed by atoms with Crippen LogP contribution in [0.15, 0.2) is 20.1 Å². The molecule has 0 fully saturated rings. The quantitative estimate of drug-likeness (QED) is 0.840. The standard InChI is InChI=1S/C12H15BrN2O2S3/c1-7-8(5-10(13)19-7)20(16,17)15-11-14-9(6-18-11)12(2,3)4/h5-6H,1-4H3,(H,14,15). The van der Waals surface area contributed by atoms with Gasteiger partial charge in [-0.25, -0.2) is 13.4 Å². The Labute approximate surface area is 135 Å². The summed E-state index contributed by atoms with van der Waals surface area (Å²) in [5.74, 6) is 0. The molecule has 20 heavy (non-hydrogen) atoms. The highest BCUT2D eigenvalue weighted by Gasteiger charge is 2.23. The maximum atomic E-state index is 12.3. The molecule has 0 spiro atoms. The minimum absolute atomic E-state index is 0.0957. The van der Waals surface area contributed by atoms with Gasteiger partial charge in [0.1, 0.15) is 4.90 Å². The summed E-state index contributed by atoms with van der Waals surface area (Å²) in [5.41, 5.74) is 0.782. The number of hydrogen-bond acceptors (Lipinski definition) is 5. The van der Waals surface area contributed by atoms with E-state index in [0.29, 0.717) is 10.0 Å². The molecule has 0 saturated carbocycles. The molecule has 0 aliphatic carbocycles. The first-order chi connectivity index (χ1) is 9.09. The Bertz CT molecular complexity index is 726. The molecule has 0 aromatic carbocycles. The Balaban J connectivity index is 2.29. The van der Waals surface area contributed by atoms with Gasteiger partial charge in [-0.15, -0.1) is 22.7 Å². The molecule has 2 rings (SSSR count). The van der Waals surface area contributed by atoms with Gasteiger partial charge in [0.25, 0.3) is 10.0 Å². The highest BCUT2D eigenvalue weighted by Crippen LogP contribution is 2.32.